The number of benzene rings is 1. The quantitative estimate of drug-likeness (QED) is 0.862. The molecular weight excluding hydrogens is 226 g/mol. The van der Waals surface area contributed by atoms with E-state index in [4.69, 9.17) is 10.5 Å². The van der Waals surface area contributed by atoms with Gasteiger partial charge in [-0.05, 0) is 37.3 Å². The predicted molar refractivity (Wildman–Crippen MR) is 73.3 cm³/mol. The van der Waals surface area contributed by atoms with E-state index >= 15 is 0 Å². The maximum absolute atomic E-state index is 10.3. The topological polar surface area (TPSA) is 55.5 Å². The molecule has 100 valence electrons. The Balaban J connectivity index is 2.56. The van der Waals surface area contributed by atoms with Crippen molar-refractivity contribution >= 4 is 0 Å². The number of ether oxygens (including phenoxy) is 1. The Morgan fingerprint density at radius 3 is 2.28 bits per heavy atom. The molecule has 3 heteroatoms. The van der Waals surface area contributed by atoms with Gasteiger partial charge in [-0.2, -0.15) is 0 Å². The summed E-state index contributed by atoms with van der Waals surface area (Å²) in [6, 6.07) is 4.06. The monoisotopic (exact) mass is 249 g/mol. The van der Waals surface area contributed by atoms with Crippen LogP contribution in [0, 0.1) is 0 Å². The van der Waals surface area contributed by atoms with Crippen LogP contribution in [0.5, 0.6) is 11.5 Å². The summed E-state index contributed by atoms with van der Waals surface area (Å²) in [5.41, 5.74) is 8.19. The first kappa shape index (κ1) is 13.2. The standard InChI is InChI=1S/C15H23NO2/c1-9(2)11-7-12(14(17)13(8-11)18-4)15(5-6-15)10(3)16/h7-10,17H,5-6,16H2,1-4H3. The molecule has 0 bridgehead atoms. The van der Waals surface area contributed by atoms with Crippen LogP contribution in [0.4, 0.5) is 0 Å². The Kier molecular flexibility index (Phi) is 3.28. The van der Waals surface area contributed by atoms with Crippen LogP contribution in [0.3, 0.4) is 0 Å². The number of methoxy groups -OCH3 is 1. The lowest BCUT2D eigenvalue weighted by Crippen LogP contribution is -2.31. The molecule has 0 radical (unpaired) electrons. The van der Waals surface area contributed by atoms with E-state index in [2.05, 4.69) is 19.9 Å². The van der Waals surface area contributed by atoms with Crippen molar-refractivity contribution in [2.24, 2.45) is 5.73 Å². The molecule has 2 rings (SSSR count). The highest BCUT2D eigenvalue weighted by atomic mass is 16.5. The summed E-state index contributed by atoms with van der Waals surface area (Å²) in [6.07, 6.45) is 2.09. The Labute approximate surface area is 109 Å². The van der Waals surface area contributed by atoms with E-state index in [9.17, 15) is 5.11 Å². The summed E-state index contributed by atoms with van der Waals surface area (Å²) < 4.78 is 5.29. The molecule has 0 saturated heterocycles. The lowest BCUT2D eigenvalue weighted by atomic mass is 9.86. The second kappa shape index (κ2) is 4.47. The van der Waals surface area contributed by atoms with Crippen LogP contribution in [-0.4, -0.2) is 18.3 Å². The molecule has 18 heavy (non-hydrogen) atoms. The first-order valence-corrected chi connectivity index (χ1v) is 6.59. The van der Waals surface area contributed by atoms with Crippen LogP contribution >= 0.6 is 0 Å². The van der Waals surface area contributed by atoms with Gasteiger partial charge in [0.2, 0.25) is 0 Å². The van der Waals surface area contributed by atoms with Gasteiger partial charge in [-0.15, -0.1) is 0 Å². The Morgan fingerprint density at radius 2 is 1.89 bits per heavy atom. The van der Waals surface area contributed by atoms with Gasteiger partial charge < -0.3 is 15.6 Å². The van der Waals surface area contributed by atoms with Gasteiger partial charge in [0.1, 0.15) is 0 Å². The molecule has 1 aliphatic carbocycles. The summed E-state index contributed by atoms with van der Waals surface area (Å²) in [5, 5.41) is 10.3. The number of hydrogen-bond donors (Lipinski definition) is 2. The SMILES string of the molecule is COc1cc(C(C)C)cc(C2(C(C)N)CC2)c1O. The highest BCUT2D eigenvalue weighted by Crippen LogP contribution is 2.55. The summed E-state index contributed by atoms with van der Waals surface area (Å²) >= 11 is 0. The molecule has 1 aliphatic rings. The van der Waals surface area contributed by atoms with Crippen LogP contribution in [-0.2, 0) is 5.41 Å². The van der Waals surface area contributed by atoms with Crippen molar-refractivity contribution in [3.8, 4) is 11.5 Å². The largest absolute Gasteiger partial charge is 0.504 e. The molecule has 0 amide bonds. The lowest BCUT2D eigenvalue weighted by molar-refractivity contribution is 0.364. The van der Waals surface area contributed by atoms with Crippen molar-refractivity contribution in [3.05, 3.63) is 23.3 Å². The second-order valence-corrected chi connectivity index (χ2v) is 5.72. The lowest BCUT2D eigenvalue weighted by Gasteiger charge is -2.24. The van der Waals surface area contributed by atoms with E-state index in [1.165, 1.54) is 5.56 Å². The van der Waals surface area contributed by atoms with Gasteiger partial charge in [0, 0.05) is 17.0 Å². The molecule has 0 heterocycles. The van der Waals surface area contributed by atoms with Crippen LogP contribution in [0.25, 0.3) is 0 Å². The molecule has 0 aliphatic heterocycles. The van der Waals surface area contributed by atoms with Crippen molar-refractivity contribution in [1.29, 1.82) is 0 Å². The van der Waals surface area contributed by atoms with E-state index < -0.39 is 0 Å². The molecule has 3 N–H and O–H groups in total. The first-order valence-electron chi connectivity index (χ1n) is 6.59. The molecule has 3 nitrogen and oxygen atoms in total. The summed E-state index contributed by atoms with van der Waals surface area (Å²) in [4.78, 5) is 0. The van der Waals surface area contributed by atoms with Gasteiger partial charge in [-0.1, -0.05) is 19.9 Å². The number of phenols is 1. The molecular formula is C15H23NO2. The van der Waals surface area contributed by atoms with Crippen molar-refractivity contribution < 1.29 is 9.84 Å². The van der Waals surface area contributed by atoms with E-state index in [1.807, 2.05) is 13.0 Å². The van der Waals surface area contributed by atoms with Gasteiger partial charge in [0.05, 0.1) is 7.11 Å². The molecule has 1 fully saturated rings. The van der Waals surface area contributed by atoms with Crippen LogP contribution in [0.2, 0.25) is 0 Å². The third-order valence-electron chi connectivity index (χ3n) is 4.18. The minimum absolute atomic E-state index is 0.0514. The normalized spacial score (nSPS) is 18.8. The minimum atomic E-state index is -0.0533. The summed E-state index contributed by atoms with van der Waals surface area (Å²) in [5.74, 6) is 1.22. The number of hydrogen-bond acceptors (Lipinski definition) is 3. The fraction of sp³-hybridized carbons (Fsp3) is 0.600. The van der Waals surface area contributed by atoms with Gasteiger partial charge in [0.15, 0.2) is 11.5 Å². The fourth-order valence-corrected chi connectivity index (χ4v) is 2.60. The maximum Gasteiger partial charge on any atom is 0.161 e. The Morgan fingerprint density at radius 1 is 1.28 bits per heavy atom. The van der Waals surface area contributed by atoms with E-state index in [-0.39, 0.29) is 17.2 Å². The zero-order chi connectivity index (χ0) is 13.5. The van der Waals surface area contributed by atoms with Gasteiger partial charge in [0.25, 0.3) is 0 Å². The van der Waals surface area contributed by atoms with Crippen LogP contribution < -0.4 is 10.5 Å². The highest BCUT2D eigenvalue weighted by Gasteiger charge is 2.49. The Bertz CT molecular complexity index is 448. The highest BCUT2D eigenvalue weighted by molar-refractivity contribution is 5.54. The average Bonchev–Trinajstić information content (AvgIpc) is 3.10. The summed E-state index contributed by atoms with van der Waals surface area (Å²) in [7, 11) is 1.59. The number of nitrogens with two attached hydrogens (primary N) is 1. The molecule has 1 atom stereocenters. The average molecular weight is 249 g/mol. The minimum Gasteiger partial charge on any atom is -0.504 e. The Hall–Kier alpha value is -1.22. The first-order chi connectivity index (χ1) is 8.42. The van der Waals surface area contributed by atoms with Crippen molar-refractivity contribution in [1.82, 2.24) is 0 Å². The summed E-state index contributed by atoms with van der Waals surface area (Å²) in [6.45, 7) is 6.29. The van der Waals surface area contributed by atoms with E-state index in [0.717, 1.165) is 18.4 Å². The molecule has 1 aromatic carbocycles. The molecule has 0 aromatic heterocycles. The molecule has 1 aromatic rings. The zero-order valence-electron chi connectivity index (χ0n) is 11.7. The molecule has 0 spiro atoms. The van der Waals surface area contributed by atoms with E-state index in [0.29, 0.717) is 11.7 Å². The smallest absolute Gasteiger partial charge is 0.161 e. The molecule has 1 unspecified atom stereocenters. The van der Waals surface area contributed by atoms with Gasteiger partial charge >= 0.3 is 0 Å². The third-order valence-corrected chi connectivity index (χ3v) is 4.18. The van der Waals surface area contributed by atoms with Crippen LogP contribution in [0.15, 0.2) is 12.1 Å². The van der Waals surface area contributed by atoms with Crippen molar-refractivity contribution in [3.63, 3.8) is 0 Å². The number of rotatable bonds is 4. The molecule has 1 saturated carbocycles. The van der Waals surface area contributed by atoms with E-state index in [1.54, 1.807) is 7.11 Å². The predicted octanol–water partition coefficient (Wildman–Crippen LogP) is 2.90. The van der Waals surface area contributed by atoms with Gasteiger partial charge in [-0.3, -0.25) is 0 Å². The maximum atomic E-state index is 10.3. The number of phenolic OH excluding ortho intramolecular Hbond substituents is 1. The number of aromatic hydroxyl groups is 1. The zero-order valence-corrected chi connectivity index (χ0v) is 11.7. The second-order valence-electron chi connectivity index (χ2n) is 5.72. The van der Waals surface area contributed by atoms with Crippen molar-refractivity contribution in [2.45, 2.75) is 51.0 Å². The third kappa shape index (κ3) is 1.97. The van der Waals surface area contributed by atoms with Crippen molar-refractivity contribution in [2.75, 3.05) is 7.11 Å². The van der Waals surface area contributed by atoms with Gasteiger partial charge in [-0.25, -0.2) is 0 Å². The van der Waals surface area contributed by atoms with Crippen LogP contribution in [0.1, 0.15) is 50.7 Å². The fourth-order valence-electron chi connectivity index (χ4n) is 2.60.